The number of hydrogen-bond acceptors (Lipinski definition) is 6. The predicted molar refractivity (Wildman–Crippen MR) is 90.8 cm³/mol. The van der Waals surface area contributed by atoms with Gasteiger partial charge in [-0.15, -0.1) is 0 Å². The standard InChI is InChI=1S/C19H19N5O2/c1-11-15(13-4-6-14(26-3)7-5-13)17(8-20,9-21)18(10-22)12(2)19(11,23)24-16(18)25/h4-7,11-12,15H,23H2,1-3H3,(H,24,25)/t11-,12-,15-,18+,19+/m0/s1. The first kappa shape index (κ1) is 17.7. The van der Waals surface area contributed by atoms with Crippen LogP contribution in [0.4, 0.5) is 0 Å². The highest BCUT2D eigenvalue weighted by Gasteiger charge is 2.79. The number of carbonyl (C=O) groups is 1. The maximum atomic E-state index is 12.8. The van der Waals surface area contributed by atoms with E-state index in [9.17, 15) is 20.6 Å². The van der Waals surface area contributed by atoms with E-state index in [1.54, 1.807) is 31.2 Å². The van der Waals surface area contributed by atoms with Crippen molar-refractivity contribution in [3.8, 4) is 24.0 Å². The molecule has 3 rings (SSSR count). The number of carbonyl (C=O) groups excluding carboxylic acids is 1. The molecule has 2 fully saturated rings. The second-order valence-corrected chi connectivity index (χ2v) is 7.10. The predicted octanol–water partition coefficient (Wildman–Crippen LogP) is 1.39. The summed E-state index contributed by atoms with van der Waals surface area (Å²) in [6.45, 7) is 3.47. The van der Waals surface area contributed by atoms with Crippen LogP contribution in [0, 0.1) is 56.7 Å². The minimum Gasteiger partial charge on any atom is -0.497 e. The second kappa shape index (κ2) is 5.46. The maximum Gasteiger partial charge on any atom is 0.245 e. The topological polar surface area (TPSA) is 136 Å². The van der Waals surface area contributed by atoms with E-state index in [4.69, 9.17) is 10.5 Å². The van der Waals surface area contributed by atoms with E-state index in [1.807, 2.05) is 25.1 Å². The van der Waals surface area contributed by atoms with E-state index < -0.39 is 40.2 Å². The fourth-order valence-electron chi connectivity index (χ4n) is 4.81. The van der Waals surface area contributed by atoms with Gasteiger partial charge < -0.3 is 15.8 Å². The molecule has 132 valence electrons. The molecule has 5 atom stereocenters. The molecule has 3 N–H and O–H groups in total. The van der Waals surface area contributed by atoms with Gasteiger partial charge in [-0.05, 0) is 17.7 Å². The number of benzene rings is 1. The van der Waals surface area contributed by atoms with E-state index >= 15 is 0 Å². The van der Waals surface area contributed by atoms with E-state index in [1.165, 1.54) is 7.11 Å². The molecule has 1 aromatic rings. The van der Waals surface area contributed by atoms with Gasteiger partial charge in [0, 0.05) is 17.8 Å². The molecule has 7 nitrogen and oxygen atoms in total. The Kier molecular flexibility index (Phi) is 3.72. The minimum absolute atomic E-state index is 0.446. The van der Waals surface area contributed by atoms with Gasteiger partial charge in [0.05, 0.1) is 31.0 Å². The Bertz CT molecular complexity index is 876. The van der Waals surface area contributed by atoms with Gasteiger partial charge in [0.25, 0.3) is 0 Å². The first-order chi connectivity index (χ1) is 12.3. The number of rotatable bonds is 2. The van der Waals surface area contributed by atoms with Crippen LogP contribution in [0.3, 0.4) is 0 Å². The first-order valence-electron chi connectivity index (χ1n) is 8.28. The van der Waals surface area contributed by atoms with Crippen molar-refractivity contribution < 1.29 is 9.53 Å². The zero-order chi connectivity index (χ0) is 19.3. The Hall–Kier alpha value is -3.08. The van der Waals surface area contributed by atoms with Crippen molar-refractivity contribution >= 4 is 5.91 Å². The van der Waals surface area contributed by atoms with Crippen LogP contribution in [0.15, 0.2) is 24.3 Å². The number of nitrogens with two attached hydrogens (primary N) is 1. The molecule has 0 aromatic heterocycles. The molecule has 1 aliphatic heterocycles. The van der Waals surface area contributed by atoms with Crippen LogP contribution in [0.2, 0.25) is 0 Å². The normalized spacial score (nSPS) is 37.0. The van der Waals surface area contributed by atoms with Gasteiger partial charge in [0.15, 0.2) is 10.8 Å². The SMILES string of the molecule is COc1ccc([C@@H]2[C@H](C)[C@@]3(N)NC(=O)[C@@](C#N)([C@@H]3C)C2(C#N)C#N)cc1. The Morgan fingerprint density at radius 1 is 1.12 bits per heavy atom. The zero-order valence-electron chi connectivity index (χ0n) is 14.8. The second-order valence-electron chi connectivity index (χ2n) is 7.10. The van der Waals surface area contributed by atoms with Crippen LogP contribution in [0.1, 0.15) is 25.3 Å². The van der Waals surface area contributed by atoms with Gasteiger partial charge in [0.2, 0.25) is 5.91 Å². The third kappa shape index (κ3) is 1.70. The van der Waals surface area contributed by atoms with Gasteiger partial charge in [-0.3, -0.25) is 4.79 Å². The lowest BCUT2D eigenvalue weighted by Gasteiger charge is -2.52. The molecule has 1 saturated heterocycles. The summed E-state index contributed by atoms with van der Waals surface area (Å²) in [5.41, 5.74) is 2.30. The number of nitrogens with zero attached hydrogens (tertiary/aromatic N) is 3. The van der Waals surface area contributed by atoms with Crippen molar-refractivity contribution in [3.05, 3.63) is 29.8 Å². The van der Waals surface area contributed by atoms with Crippen LogP contribution in [0.25, 0.3) is 0 Å². The lowest BCUT2D eigenvalue weighted by atomic mass is 9.45. The molecule has 0 spiro atoms. The Balaban J connectivity index is 2.33. The van der Waals surface area contributed by atoms with Crippen molar-refractivity contribution in [2.45, 2.75) is 25.4 Å². The molecule has 1 saturated carbocycles. The van der Waals surface area contributed by atoms with E-state index in [2.05, 4.69) is 5.32 Å². The van der Waals surface area contributed by atoms with Gasteiger partial charge in [-0.1, -0.05) is 26.0 Å². The monoisotopic (exact) mass is 349 g/mol. The summed E-state index contributed by atoms with van der Waals surface area (Å²) in [6, 6.07) is 13.0. The fourth-order valence-corrected chi connectivity index (χ4v) is 4.81. The molecule has 26 heavy (non-hydrogen) atoms. The summed E-state index contributed by atoms with van der Waals surface area (Å²) in [7, 11) is 1.54. The van der Waals surface area contributed by atoms with E-state index in [-0.39, 0.29) is 0 Å². The largest absolute Gasteiger partial charge is 0.497 e. The highest BCUT2D eigenvalue weighted by atomic mass is 16.5. The third-order valence-electron chi connectivity index (χ3n) is 6.40. The molecule has 1 aromatic carbocycles. The molecule has 0 radical (unpaired) electrons. The minimum atomic E-state index is -1.86. The molecule has 1 amide bonds. The average Bonchev–Trinajstić information content (AvgIpc) is 2.83. The Morgan fingerprint density at radius 2 is 1.69 bits per heavy atom. The summed E-state index contributed by atoms with van der Waals surface area (Å²) in [4.78, 5) is 12.8. The molecular weight excluding hydrogens is 330 g/mol. The number of nitrogens with one attached hydrogen (secondary N) is 1. The summed E-state index contributed by atoms with van der Waals surface area (Å²) in [6.07, 6.45) is 0. The quantitative estimate of drug-likeness (QED) is 0.828. The molecule has 2 aliphatic rings. The van der Waals surface area contributed by atoms with Gasteiger partial charge >= 0.3 is 0 Å². The Labute approximate surface area is 152 Å². The summed E-state index contributed by atoms with van der Waals surface area (Å²) >= 11 is 0. The number of methoxy groups -OCH3 is 1. The van der Waals surface area contributed by atoms with Crippen LogP contribution in [-0.4, -0.2) is 18.7 Å². The maximum absolute atomic E-state index is 12.8. The van der Waals surface area contributed by atoms with Crippen LogP contribution < -0.4 is 15.8 Å². The molecule has 1 heterocycles. The van der Waals surface area contributed by atoms with E-state index in [0.717, 1.165) is 0 Å². The molecular formula is C19H19N5O2. The molecule has 1 aliphatic carbocycles. The highest BCUT2D eigenvalue weighted by molar-refractivity contribution is 5.93. The van der Waals surface area contributed by atoms with Crippen molar-refractivity contribution in [3.63, 3.8) is 0 Å². The first-order valence-corrected chi connectivity index (χ1v) is 8.28. The lowest BCUT2D eigenvalue weighted by Crippen LogP contribution is -2.66. The number of nitriles is 3. The average molecular weight is 349 g/mol. The lowest BCUT2D eigenvalue weighted by molar-refractivity contribution is -0.129. The van der Waals surface area contributed by atoms with Crippen molar-refractivity contribution in [1.29, 1.82) is 15.8 Å². The van der Waals surface area contributed by atoms with Crippen molar-refractivity contribution in [1.82, 2.24) is 5.32 Å². The third-order valence-corrected chi connectivity index (χ3v) is 6.40. The summed E-state index contributed by atoms with van der Waals surface area (Å²) in [5, 5.41) is 32.8. The van der Waals surface area contributed by atoms with Crippen LogP contribution in [0.5, 0.6) is 5.75 Å². The fraction of sp³-hybridized carbons (Fsp3) is 0.474. The number of amides is 1. The number of fused-ring (bicyclic) bond motifs is 2. The number of ether oxygens (including phenoxy) is 1. The molecule has 0 unspecified atom stereocenters. The van der Waals surface area contributed by atoms with Crippen molar-refractivity contribution in [2.75, 3.05) is 7.11 Å². The van der Waals surface area contributed by atoms with Gasteiger partial charge in [-0.25, -0.2) is 0 Å². The molecule has 7 heteroatoms. The molecule has 2 bridgehead atoms. The highest BCUT2D eigenvalue weighted by Crippen LogP contribution is 2.66. The Morgan fingerprint density at radius 3 is 2.15 bits per heavy atom. The smallest absolute Gasteiger partial charge is 0.245 e. The van der Waals surface area contributed by atoms with Gasteiger partial charge in [0.1, 0.15) is 5.75 Å². The van der Waals surface area contributed by atoms with Crippen LogP contribution >= 0.6 is 0 Å². The summed E-state index contributed by atoms with van der Waals surface area (Å²) < 4.78 is 5.16. The van der Waals surface area contributed by atoms with Gasteiger partial charge in [-0.2, -0.15) is 15.8 Å². The number of hydrogen-bond donors (Lipinski definition) is 2. The summed E-state index contributed by atoms with van der Waals surface area (Å²) in [5.74, 6) is -1.89. The zero-order valence-corrected chi connectivity index (χ0v) is 14.8. The van der Waals surface area contributed by atoms with Crippen LogP contribution in [-0.2, 0) is 4.79 Å². The van der Waals surface area contributed by atoms with E-state index in [0.29, 0.717) is 11.3 Å². The van der Waals surface area contributed by atoms with Crippen molar-refractivity contribution in [2.24, 2.45) is 28.4 Å².